The highest BCUT2D eigenvalue weighted by atomic mass is 16.5. The van der Waals surface area contributed by atoms with Crippen LogP contribution in [0.5, 0.6) is 5.88 Å². The lowest BCUT2D eigenvalue weighted by molar-refractivity contribution is 0.0997. The summed E-state index contributed by atoms with van der Waals surface area (Å²) in [5, 5.41) is 15.8. The molecular weight excluding hydrogens is 262 g/mol. The summed E-state index contributed by atoms with van der Waals surface area (Å²) in [6.07, 6.45) is 1.32. The van der Waals surface area contributed by atoms with Gasteiger partial charge in [0.25, 0.3) is 0 Å². The van der Waals surface area contributed by atoms with Crippen LogP contribution in [-0.2, 0) is 6.61 Å². The Morgan fingerprint density at radius 2 is 2.35 bits per heavy atom. The topological polar surface area (TPSA) is 113 Å². The maximum atomic E-state index is 11.7. The molecule has 0 bridgehead atoms. The molecule has 1 aromatic carbocycles. The Kier molecular flexibility index (Phi) is 3.88. The van der Waals surface area contributed by atoms with E-state index in [0.717, 1.165) is 5.56 Å². The summed E-state index contributed by atoms with van der Waals surface area (Å²) in [4.78, 5) is 14.8. The van der Waals surface area contributed by atoms with Crippen LogP contribution in [0.2, 0.25) is 0 Å². The van der Waals surface area contributed by atoms with Crippen molar-refractivity contribution in [3.63, 3.8) is 0 Å². The molecule has 1 N–H and O–H groups in total. The van der Waals surface area contributed by atoms with E-state index < -0.39 is 5.91 Å². The number of nitrogens with zero attached hydrogens (tertiary/aromatic N) is 5. The minimum Gasteiger partial charge on any atom is -0.472 e. The molecule has 102 valence electrons. The molecule has 1 amide bonds. The molecule has 2 rings (SSSR count). The van der Waals surface area contributed by atoms with Crippen molar-refractivity contribution < 1.29 is 14.7 Å². The smallest absolute Gasteiger partial charge is 0.249 e. The first-order chi connectivity index (χ1) is 9.61. The number of aryl methyl sites for hydroxylation is 1. The van der Waals surface area contributed by atoms with Crippen molar-refractivity contribution >= 4 is 5.91 Å². The highest BCUT2D eigenvalue weighted by Crippen LogP contribution is 2.18. The number of rotatable bonds is 4. The maximum absolute atomic E-state index is 11.7. The second kappa shape index (κ2) is 5.77. The largest absolute Gasteiger partial charge is 0.472 e. The van der Waals surface area contributed by atoms with E-state index in [9.17, 15) is 4.79 Å². The van der Waals surface area contributed by atoms with Crippen molar-refractivity contribution in [2.45, 2.75) is 13.5 Å². The summed E-state index contributed by atoms with van der Waals surface area (Å²) in [6, 6.07) is 6.55. The van der Waals surface area contributed by atoms with E-state index >= 15 is 0 Å². The molecule has 1 aromatic heterocycles. The SMILES string of the molecule is Cc1cccc(C(=O)N=[N+]=[N-])c1COc1ccn(O)n1. The molecule has 2 aromatic rings. The van der Waals surface area contributed by atoms with Gasteiger partial charge in [0.05, 0.1) is 6.20 Å². The maximum Gasteiger partial charge on any atom is 0.249 e. The average molecular weight is 273 g/mol. The lowest BCUT2D eigenvalue weighted by atomic mass is 10.0. The standard InChI is InChI=1S/C12H11N5O3/c1-8-3-2-4-9(12(18)14-16-13)10(8)7-20-11-5-6-17(19)15-11/h2-6,19H,7H2,1H3. The number of amides is 1. The molecule has 0 aliphatic carbocycles. The van der Waals surface area contributed by atoms with Gasteiger partial charge in [0.2, 0.25) is 11.8 Å². The van der Waals surface area contributed by atoms with Gasteiger partial charge in [-0.3, -0.25) is 4.79 Å². The molecule has 0 saturated heterocycles. The zero-order valence-corrected chi connectivity index (χ0v) is 10.6. The third-order valence-corrected chi connectivity index (χ3v) is 2.69. The van der Waals surface area contributed by atoms with Gasteiger partial charge in [-0.05, 0) is 23.1 Å². The molecule has 0 aliphatic rings. The van der Waals surface area contributed by atoms with Crippen molar-refractivity contribution in [3.05, 3.63) is 57.6 Å². The number of carbonyl (C=O) groups excluding carboxylic acids is 1. The van der Waals surface area contributed by atoms with Crippen molar-refractivity contribution in [1.82, 2.24) is 9.94 Å². The van der Waals surface area contributed by atoms with Crippen LogP contribution in [-0.4, -0.2) is 21.1 Å². The minimum atomic E-state index is -0.664. The van der Waals surface area contributed by atoms with Crippen LogP contribution >= 0.6 is 0 Å². The van der Waals surface area contributed by atoms with E-state index in [4.69, 9.17) is 15.5 Å². The monoisotopic (exact) mass is 273 g/mol. The van der Waals surface area contributed by atoms with E-state index in [1.807, 2.05) is 13.0 Å². The number of aromatic nitrogens is 2. The van der Waals surface area contributed by atoms with Gasteiger partial charge in [-0.15, -0.1) is 4.85 Å². The highest BCUT2D eigenvalue weighted by molar-refractivity contribution is 5.96. The number of hydrogen-bond donors (Lipinski definition) is 1. The molecule has 0 radical (unpaired) electrons. The highest BCUT2D eigenvalue weighted by Gasteiger charge is 2.13. The van der Waals surface area contributed by atoms with Crippen molar-refractivity contribution in [1.29, 1.82) is 0 Å². The van der Waals surface area contributed by atoms with Gasteiger partial charge in [0.1, 0.15) is 6.61 Å². The number of hydrogen-bond acceptors (Lipinski definition) is 4. The Hall–Kier alpha value is -2.99. The van der Waals surface area contributed by atoms with Crippen LogP contribution in [0.25, 0.3) is 10.4 Å². The summed E-state index contributed by atoms with van der Waals surface area (Å²) >= 11 is 0. The fourth-order valence-corrected chi connectivity index (χ4v) is 1.71. The summed E-state index contributed by atoms with van der Waals surface area (Å²) in [7, 11) is 0. The fraction of sp³-hybridized carbons (Fsp3) is 0.167. The Bertz CT molecular complexity index is 688. The third kappa shape index (κ3) is 2.88. The molecule has 20 heavy (non-hydrogen) atoms. The molecule has 8 heteroatoms. The Labute approximate surface area is 113 Å². The van der Waals surface area contributed by atoms with Gasteiger partial charge in [0.15, 0.2) is 0 Å². The molecule has 0 aliphatic heterocycles. The van der Waals surface area contributed by atoms with Crippen LogP contribution in [0.1, 0.15) is 21.5 Å². The Morgan fingerprint density at radius 1 is 1.55 bits per heavy atom. The molecule has 0 unspecified atom stereocenters. The van der Waals surface area contributed by atoms with E-state index in [1.165, 1.54) is 12.3 Å². The second-order valence-corrected chi connectivity index (χ2v) is 3.96. The van der Waals surface area contributed by atoms with E-state index in [2.05, 4.69) is 15.1 Å². The fourth-order valence-electron chi connectivity index (χ4n) is 1.71. The number of ether oxygens (including phenoxy) is 1. The van der Waals surface area contributed by atoms with E-state index in [1.54, 1.807) is 12.1 Å². The molecule has 8 nitrogen and oxygen atoms in total. The molecule has 0 atom stereocenters. The quantitative estimate of drug-likeness (QED) is 0.399. The van der Waals surface area contributed by atoms with Gasteiger partial charge in [-0.2, -0.15) is 0 Å². The van der Waals surface area contributed by atoms with E-state index in [0.29, 0.717) is 10.4 Å². The van der Waals surface area contributed by atoms with Gasteiger partial charge in [-0.1, -0.05) is 23.3 Å². The first kappa shape index (κ1) is 13.4. The Morgan fingerprint density at radius 3 is 3.00 bits per heavy atom. The van der Waals surface area contributed by atoms with Gasteiger partial charge < -0.3 is 9.94 Å². The number of azide groups is 1. The van der Waals surface area contributed by atoms with Crippen LogP contribution in [0.3, 0.4) is 0 Å². The Balaban J connectivity index is 2.25. The van der Waals surface area contributed by atoms with Gasteiger partial charge in [0, 0.05) is 22.1 Å². The molecule has 0 fully saturated rings. The number of benzene rings is 1. The molecule has 0 spiro atoms. The molecular formula is C12H11N5O3. The van der Waals surface area contributed by atoms with Crippen LogP contribution in [0, 0.1) is 6.92 Å². The summed E-state index contributed by atoms with van der Waals surface area (Å²) in [6.45, 7) is 1.89. The van der Waals surface area contributed by atoms with Gasteiger partial charge in [-0.25, -0.2) is 0 Å². The minimum absolute atomic E-state index is 0.0751. The van der Waals surface area contributed by atoms with Crippen LogP contribution in [0.4, 0.5) is 0 Å². The summed E-state index contributed by atoms with van der Waals surface area (Å²) in [5.41, 5.74) is 10.1. The lowest BCUT2D eigenvalue weighted by Gasteiger charge is -2.10. The predicted molar refractivity (Wildman–Crippen MR) is 68.4 cm³/mol. The molecule has 0 saturated carbocycles. The zero-order chi connectivity index (χ0) is 14.5. The lowest BCUT2D eigenvalue weighted by Crippen LogP contribution is -2.07. The van der Waals surface area contributed by atoms with Crippen LogP contribution < -0.4 is 4.74 Å². The second-order valence-electron chi connectivity index (χ2n) is 3.96. The number of carbonyl (C=O) groups is 1. The average Bonchev–Trinajstić information content (AvgIpc) is 2.83. The summed E-state index contributed by atoms with van der Waals surface area (Å²) < 4.78 is 5.38. The third-order valence-electron chi connectivity index (χ3n) is 2.69. The van der Waals surface area contributed by atoms with Gasteiger partial charge >= 0.3 is 0 Å². The first-order valence-corrected chi connectivity index (χ1v) is 5.67. The molecule has 1 heterocycles. The van der Waals surface area contributed by atoms with Crippen molar-refractivity contribution in [2.24, 2.45) is 5.11 Å². The summed E-state index contributed by atoms with van der Waals surface area (Å²) in [5.74, 6) is -0.444. The first-order valence-electron chi connectivity index (χ1n) is 5.67. The predicted octanol–water partition coefficient (Wildman–Crippen LogP) is 2.46. The van der Waals surface area contributed by atoms with Crippen molar-refractivity contribution in [2.75, 3.05) is 0 Å². The van der Waals surface area contributed by atoms with Crippen LogP contribution in [0.15, 0.2) is 35.6 Å². The van der Waals surface area contributed by atoms with E-state index in [-0.39, 0.29) is 18.1 Å². The normalized spacial score (nSPS) is 9.85. The van der Waals surface area contributed by atoms with Crippen molar-refractivity contribution in [3.8, 4) is 5.88 Å². The zero-order valence-electron chi connectivity index (χ0n) is 10.6.